The first-order valence-electron chi connectivity index (χ1n) is 3.42. The van der Waals surface area contributed by atoms with Crippen LogP contribution in [0.2, 0.25) is 0 Å². The van der Waals surface area contributed by atoms with Crippen molar-refractivity contribution in [3.63, 3.8) is 0 Å². The maximum atomic E-state index is 5.18. The van der Waals surface area contributed by atoms with Crippen molar-refractivity contribution in [3.8, 4) is 0 Å². The Balaban J connectivity index is 3.50. The van der Waals surface area contributed by atoms with Gasteiger partial charge in [-0.1, -0.05) is 0 Å². The van der Waals surface area contributed by atoms with Crippen molar-refractivity contribution in [1.82, 2.24) is 0 Å². The molecule has 0 bridgehead atoms. The smallest absolute Gasteiger partial charge is 0.176 e. The topological polar surface area (TPSA) is 18.5 Å². The zero-order valence-corrected chi connectivity index (χ0v) is 7.46. The molecule has 0 heterocycles. The fourth-order valence-corrected chi connectivity index (χ4v) is 0.723. The van der Waals surface area contributed by atoms with Gasteiger partial charge in [-0.3, -0.25) is 0 Å². The molecule has 0 fully saturated rings. The molecular formula is C7H13O2Si. The van der Waals surface area contributed by atoms with Crippen LogP contribution >= 0.6 is 0 Å². The third kappa shape index (κ3) is 4.73. The molecule has 0 amide bonds. The van der Waals surface area contributed by atoms with Gasteiger partial charge in [0, 0.05) is 13.2 Å². The Morgan fingerprint density at radius 1 is 1.30 bits per heavy atom. The van der Waals surface area contributed by atoms with Gasteiger partial charge >= 0.3 is 0 Å². The van der Waals surface area contributed by atoms with Crippen LogP contribution in [0.15, 0.2) is 11.8 Å². The molecule has 0 spiro atoms. The van der Waals surface area contributed by atoms with Crippen molar-refractivity contribution < 1.29 is 9.47 Å². The van der Waals surface area contributed by atoms with E-state index in [2.05, 4.69) is 10.2 Å². The van der Waals surface area contributed by atoms with Gasteiger partial charge < -0.3 is 9.47 Å². The maximum absolute atomic E-state index is 5.18. The summed E-state index contributed by atoms with van der Waals surface area (Å²) in [6.45, 7) is 5.21. The minimum Gasteiger partial charge on any atom is -0.349 e. The van der Waals surface area contributed by atoms with E-state index in [9.17, 15) is 0 Å². The monoisotopic (exact) mass is 157 g/mol. The minimum absolute atomic E-state index is 0.201. The zero-order valence-electron chi connectivity index (χ0n) is 6.46. The number of ether oxygens (including phenoxy) is 2. The molecule has 0 N–H and O–H groups in total. The number of hydrogen-bond donors (Lipinski definition) is 0. The Morgan fingerprint density at radius 2 is 1.80 bits per heavy atom. The summed E-state index contributed by atoms with van der Waals surface area (Å²) in [4.78, 5) is 0. The standard InChI is InChI=1S/C7H13O2Si/c1-3-8-7(5-6-10)9-4-2/h5-7H,3-4H2,1-2H3. The van der Waals surface area contributed by atoms with E-state index in [4.69, 9.17) is 9.47 Å². The van der Waals surface area contributed by atoms with Gasteiger partial charge in [-0.05, 0) is 19.9 Å². The van der Waals surface area contributed by atoms with Crippen LogP contribution in [0.5, 0.6) is 0 Å². The van der Waals surface area contributed by atoms with Crippen LogP contribution < -0.4 is 0 Å². The average Bonchev–Trinajstić information content (AvgIpc) is 1.90. The molecular weight excluding hydrogens is 144 g/mol. The summed E-state index contributed by atoms with van der Waals surface area (Å²) in [6, 6.07) is 0. The lowest BCUT2D eigenvalue weighted by molar-refractivity contribution is -0.103. The van der Waals surface area contributed by atoms with Crippen molar-refractivity contribution >= 4 is 10.2 Å². The third-order valence-corrected chi connectivity index (χ3v) is 1.11. The van der Waals surface area contributed by atoms with E-state index in [1.807, 2.05) is 19.9 Å². The van der Waals surface area contributed by atoms with E-state index < -0.39 is 0 Å². The van der Waals surface area contributed by atoms with Gasteiger partial charge in [0.25, 0.3) is 0 Å². The van der Waals surface area contributed by atoms with E-state index in [0.29, 0.717) is 13.2 Å². The predicted octanol–water partition coefficient (Wildman–Crippen LogP) is 1.07. The molecule has 0 aliphatic heterocycles. The summed E-state index contributed by atoms with van der Waals surface area (Å²) in [7, 11) is 3.19. The van der Waals surface area contributed by atoms with Crippen molar-refractivity contribution in [2.75, 3.05) is 13.2 Å². The molecule has 57 valence electrons. The molecule has 10 heavy (non-hydrogen) atoms. The van der Waals surface area contributed by atoms with Crippen LogP contribution in [0.25, 0.3) is 0 Å². The van der Waals surface area contributed by atoms with Gasteiger partial charge in [-0.25, -0.2) is 0 Å². The molecule has 0 saturated heterocycles. The normalized spacial score (nSPS) is 11.6. The number of rotatable bonds is 5. The van der Waals surface area contributed by atoms with E-state index in [0.717, 1.165) is 0 Å². The van der Waals surface area contributed by atoms with Gasteiger partial charge in [0.2, 0.25) is 0 Å². The Morgan fingerprint density at radius 3 is 2.10 bits per heavy atom. The van der Waals surface area contributed by atoms with Crippen LogP contribution in [-0.2, 0) is 9.47 Å². The van der Waals surface area contributed by atoms with Gasteiger partial charge in [-0.15, -0.1) is 5.70 Å². The SMILES string of the molecule is CCOC(C=C[Si])OCC. The summed E-state index contributed by atoms with van der Waals surface area (Å²) < 4.78 is 10.4. The highest BCUT2D eigenvalue weighted by Gasteiger charge is 1.99. The quantitative estimate of drug-likeness (QED) is 0.439. The minimum atomic E-state index is -0.201. The first-order valence-corrected chi connectivity index (χ1v) is 4.00. The summed E-state index contributed by atoms with van der Waals surface area (Å²) in [5.74, 6) is 0. The Labute approximate surface area is 65.6 Å². The zero-order chi connectivity index (χ0) is 7.82. The highest BCUT2D eigenvalue weighted by Crippen LogP contribution is 1.95. The Bertz CT molecular complexity index is 87.6. The molecule has 0 unspecified atom stereocenters. The van der Waals surface area contributed by atoms with Crippen LogP contribution in [0.3, 0.4) is 0 Å². The van der Waals surface area contributed by atoms with Gasteiger partial charge in [0.05, 0.1) is 10.2 Å². The Hall–Kier alpha value is -0.123. The lowest BCUT2D eigenvalue weighted by atomic mass is 10.6. The molecule has 0 aromatic carbocycles. The molecule has 0 aliphatic carbocycles. The second kappa shape index (κ2) is 6.99. The van der Waals surface area contributed by atoms with Crippen molar-refractivity contribution in [3.05, 3.63) is 11.8 Å². The van der Waals surface area contributed by atoms with E-state index >= 15 is 0 Å². The van der Waals surface area contributed by atoms with Gasteiger partial charge in [-0.2, -0.15) is 0 Å². The predicted molar refractivity (Wildman–Crippen MR) is 41.9 cm³/mol. The van der Waals surface area contributed by atoms with Gasteiger partial charge in [0.15, 0.2) is 6.29 Å². The molecule has 0 aromatic rings. The largest absolute Gasteiger partial charge is 0.349 e. The first kappa shape index (κ1) is 9.88. The lowest BCUT2D eigenvalue weighted by Crippen LogP contribution is -2.13. The molecule has 0 rings (SSSR count). The second-order valence-corrected chi connectivity index (χ2v) is 1.97. The van der Waals surface area contributed by atoms with Crippen LogP contribution in [-0.4, -0.2) is 29.7 Å². The highest BCUT2D eigenvalue weighted by molar-refractivity contribution is 6.16. The van der Waals surface area contributed by atoms with Crippen LogP contribution in [0.4, 0.5) is 0 Å². The summed E-state index contributed by atoms with van der Waals surface area (Å²) in [5, 5.41) is 0. The Kier molecular flexibility index (Phi) is 6.90. The van der Waals surface area contributed by atoms with Crippen molar-refractivity contribution in [2.24, 2.45) is 0 Å². The molecule has 3 radical (unpaired) electrons. The maximum Gasteiger partial charge on any atom is 0.176 e. The lowest BCUT2D eigenvalue weighted by Gasteiger charge is -2.11. The fraction of sp³-hybridized carbons (Fsp3) is 0.714. The van der Waals surface area contributed by atoms with E-state index in [1.54, 1.807) is 5.70 Å². The molecule has 0 aromatic heterocycles. The van der Waals surface area contributed by atoms with E-state index in [-0.39, 0.29) is 6.29 Å². The average molecular weight is 157 g/mol. The molecule has 0 saturated carbocycles. The molecule has 0 aliphatic rings. The summed E-state index contributed by atoms with van der Waals surface area (Å²) >= 11 is 0. The summed E-state index contributed by atoms with van der Waals surface area (Å²) in [6.07, 6.45) is 1.61. The van der Waals surface area contributed by atoms with Crippen molar-refractivity contribution in [1.29, 1.82) is 0 Å². The second-order valence-electron chi connectivity index (χ2n) is 1.64. The van der Waals surface area contributed by atoms with Gasteiger partial charge in [0.1, 0.15) is 0 Å². The highest BCUT2D eigenvalue weighted by atomic mass is 28.1. The first-order chi connectivity index (χ1) is 4.85. The van der Waals surface area contributed by atoms with E-state index in [1.165, 1.54) is 0 Å². The van der Waals surface area contributed by atoms with Crippen molar-refractivity contribution in [2.45, 2.75) is 20.1 Å². The molecule has 3 heteroatoms. The molecule has 0 atom stereocenters. The fourth-order valence-electron chi connectivity index (χ4n) is 0.566. The number of hydrogen-bond acceptors (Lipinski definition) is 2. The summed E-state index contributed by atoms with van der Waals surface area (Å²) in [5.41, 5.74) is 1.73. The van der Waals surface area contributed by atoms with Crippen LogP contribution in [0, 0.1) is 0 Å². The molecule has 2 nitrogen and oxygen atoms in total. The van der Waals surface area contributed by atoms with Crippen LogP contribution in [0.1, 0.15) is 13.8 Å². The third-order valence-electron chi connectivity index (χ3n) is 0.915.